The van der Waals surface area contributed by atoms with Gasteiger partial charge in [0, 0.05) is 11.7 Å². The van der Waals surface area contributed by atoms with Crippen molar-refractivity contribution >= 4 is 17.5 Å². The lowest BCUT2D eigenvalue weighted by Crippen LogP contribution is -2.52. The topological polar surface area (TPSA) is 106 Å². The highest BCUT2D eigenvalue weighted by Crippen LogP contribution is 2.26. The van der Waals surface area contributed by atoms with Gasteiger partial charge in [0.15, 0.2) is 5.76 Å². The Morgan fingerprint density at radius 2 is 1.94 bits per heavy atom. The number of hydrogen-bond donors (Lipinski definition) is 1. The molecule has 0 spiro atoms. The molecule has 34 heavy (non-hydrogen) atoms. The molecule has 0 saturated heterocycles. The minimum Gasteiger partial charge on any atom is -0.458 e. The maximum atomic E-state index is 13.7. The van der Waals surface area contributed by atoms with Gasteiger partial charge in [-0.2, -0.15) is 4.80 Å². The van der Waals surface area contributed by atoms with Gasteiger partial charge in [0.05, 0.1) is 0 Å². The van der Waals surface area contributed by atoms with Gasteiger partial charge in [-0.05, 0) is 62.1 Å². The summed E-state index contributed by atoms with van der Waals surface area (Å²) >= 11 is 0. The first-order valence-electron chi connectivity index (χ1n) is 12.0. The quantitative estimate of drug-likeness (QED) is 0.516. The molecule has 2 heterocycles. The Hall–Kier alpha value is -3.49. The van der Waals surface area contributed by atoms with Crippen molar-refractivity contribution in [2.45, 2.75) is 77.9 Å². The van der Waals surface area contributed by atoms with E-state index in [1.54, 1.807) is 11.0 Å². The van der Waals surface area contributed by atoms with E-state index in [4.69, 9.17) is 4.42 Å². The maximum Gasteiger partial charge on any atom is 0.251 e. The largest absolute Gasteiger partial charge is 0.458 e. The van der Waals surface area contributed by atoms with E-state index in [0.717, 1.165) is 49.1 Å². The molecule has 1 aliphatic rings. The number of anilines is 1. The molecule has 1 N–H and O–H groups in total. The number of benzene rings is 1. The number of nitrogens with one attached hydrogen (secondary N) is 1. The minimum atomic E-state index is -0.616. The molecular formula is C25H32N6O3. The smallest absolute Gasteiger partial charge is 0.251 e. The molecule has 4 rings (SSSR count). The lowest BCUT2D eigenvalue weighted by Gasteiger charge is -2.32. The second-order valence-electron chi connectivity index (χ2n) is 8.90. The molecule has 1 aromatic carbocycles. The average molecular weight is 465 g/mol. The van der Waals surface area contributed by atoms with E-state index in [1.807, 2.05) is 51.1 Å². The van der Waals surface area contributed by atoms with Crippen molar-refractivity contribution in [1.29, 1.82) is 0 Å². The number of tetrazole rings is 1. The van der Waals surface area contributed by atoms with E-state index in [-0.39, 0.29) is 24.4 Å². The first kappa shape index (κ1) is 23.7. The molecule has 180 valence electrons. The number of carbonyl (C=O) groups excluding carboxylic acids is 2. The summed E-state index contributed by atoms with van der Waals surface area (Å²) < 4.78 is 5.56. The Bertz CT molecular complexity index is 1130. The van der Waals surface area contributed by atoms with Crippen molar-refractivity contribution in [3.05, 3.63) is 47.7 Å². The van der Waals surface area contributed by atoms with E-state index in [2.05, 4.69) is 20.7 Å². The summed E-state index contributed by atoms with van der Waals surface area (Å²) in [5, 5.41) is 15.6. The van der Waals surface area contributed by atoms with Gasteiger partial charge in [0.2, 0.25) is 11.7 Å². The molecular weight excluding hydrogens is 432 g/mol. The van der Waals surface area contributed by atoms with Gasteiger partial charge in [0.1, 0.15) is 18.3 Å². The van der Waals surface area contributed by atoms with Crippen LogP contribution in [0.15, 0.2) is 40.8 Å². The van der Waals surface area contributed by atoms with Gasteiger partial charge in [-0.25, -0.2) is 0 Å². The molecule has 2 amide bonds. The van der Waals surface area contributed by atoms with Crippen LogP contribution in [-0.4, -0.2) is 44.1 Å². The zero-order valence-electron chi connectivity index (χ0n) is 20.0. The van der Waals surface area contributed by atoms with Gasteiger partial charge in [0.25, 0.3) is 5.91 Å². The first-order valence-corrected chi connectivity index (χ1v) is 12.0. The van der Waals surface area contributed by atoms with Crippen LogP contribution < -0.4 is 10.2 Å². The predicted octanol–water partition coefficient (Wildman–Crippen LogP) is 3.81. The zero-order valence-corrected chi connectivity index (χ0v) is 20.0. The SMILES string of the molecule is CCC[C@@H](C(=O)NC1CCCC1)N(C(=O)Cn1nnc(-c2ccc(C)o2)n1)c1ccccc1C. The van der Waals surface area contributed by atoms with Gasteiger partial charge in [-0.15, -0.1) is 10.2 Å². The van der Waals surface area contributed by atoms with Crippen molar-refractivity contribution in [3.63, 3.8) is 0 Å². The number of rotatable bonds is 9. The molecule has 9 nitrogen and oxygen atoms in total. The van der Waals surface area contributed by atoms with Crippen molar-refractivity contribution in [2.24, 2.45) is 0 Å². The highest BCUT2D eigenvalue weighted by Gasteiger charge is 2.33. The van der Waals surface area contributed by atoms with Crippen LogP contribution in [0.3, 0.4) is 0 Å². The number of aromatic nitrogens is 4. The fourth-order valence-corrected chi connectivity index (χ4v) is 4.49. The fourth-order valence-electron chi connectivity index (χ4n) is 4.49. The van der Waals surface area contributed by atoms with Crippen molar-refractivity contribution in [2.75, 3.05) is 4.90 Å². The molecule has 1 aliphatic carbocycles. The highest BCUT2D eigenvalue weighted by atomic mass is 16.3. The molecule has 2 aromatic heterocycles. The molecule has 3 aromatic rings. The van der Waals surface area contributed by atoms with Crippen LogP contribution >= 0.6 is 0 Å². The third kappa shape index (κ3) is 5.35. The van der Waals surface area contributed by atoms with E-state index in [9.17, 15) is 9.59 Å². The van der Waals surface area contributed by atoms with E-state index < -0.39 is 6.04 Å². The number of carbonyl (C=O) groups is 2. The summed E-state index contributed by atoms with van der Waals surface area (Å²) in [6, 6.07) is 10.8. The van der Waals surface area contributed by atoms with Crippen molar-refractivity contribution in [1.82, 2.24) is 25.5 Å². The van der Waals surface area contributed by atoms with Gasteiger partial charge in [-0.3, -0.25) is 14.5 Å². The number of amides is 2. The Kier molecular flexibility index (Phi) is 7.40. The van der Waals surface area contributed by atoms with Gasteiger partial charge < -0.3 is 9.73 Å². The van der Waals surface area contributed by atoms with Gasteiger partial charge in [-0.1, -0.05) is 44.4 Å². The highest BCUT2D eigenvalue weighted by molar-refractivity contribution is 6.01. The van der Waals surface area contributed by atoms with Crippen LogP contribution in [0.25, 0.3) is 11.6 Å². The molecule has 1 saturated carbocycles. The third-order valence-corrected chi connectivity index (χ3v) is 6.21. The number of aryl methyl sites for hydroxylation is 2. The molecule has 0 bridgehead atoms. The summed E-state index contributed by atoms with van der Waals surface area (Å²) in [5.41, 5.74) is 1.64. The molecule has 1 atom stereocenters. The molecule has 0 radical (unpaired) electrons. The number of hydrogen-bond acceptors (Lipinski definition) is 6. The van der Waals surface area contributed by atoms with Crippen LogP contribution in [0.5, 0.6) is 0 Å². The second-order valence-corrected chi connectivity index (χ2v) is 8.90. The first-order chi connectivity index (χ1) is 16.5. The summed E-state index contributed by atoms with van der Waals surface area (Å²) in [6.07, 6.45) is 5.54. The standard InChI is InChI=1S/C25H32N6O3/c1-4-9-21(25(33)26-19-11-6-7-12-19)31(20-13-8-5-10-17(20)2)23(32)16-30-28-24(27-29-30)22-15-14-18(3)34-22/h5,8,10,13-15,19,21H,4,6-7,9,11-12,16H2,1-3H3,(H,26,33)/t21-/m0/s1. The Morgan fingerprint density at radius 3 is 2.62 bits per heavy atom. The molecule has 0 unspecified atom stereocenters. The van der Waals surface area contributed by atoms with E-state index >= 15 is 0 Å². The Morgan fingerprint density at radius 1 is 1.18 bits per heavy atom. The Labute approximate surface area is 199 Å². The predicted molar refractivity (Wildman–Crippen MR) is 128 cm³/mol. The van der Waals surface area contributed by atoms with Crippen LogP contribution in [0.4, 0.5) is 5.69 Å². The van der Waals surface area contributed by atoms with Crippen LogP contribution in [0.1, 0.15) is 56.8 Å². The average Bonchev–Trinajstić information content (AvgIpc) is 3.57. The van der Waals surface area contributed by atoms with Crippen LogP contribution in [-0.2, 0) is 16.1 Å². The summed E-state index contributed by atoms with van der Waals surface area (Å²) in [4.78, 5) is 29.9. The van der Waals surface area contributed by atoms with Gasteiger partial charge >= 0.3 is 0 Å². The summed E-state index contributed by atoms with van der Waals surface area (Å²) in [7, 11) is 0. The second kappa shape index (κ2) is 10.6. The lowest BCUT2D eigenvalue weighted by molar-refractivity contribution is -0.127. The van der Waals surface area contributed by atoms with Crippen molar-refractivity contribution < 1.29 is 14.0 Å². The van der Waals surface area contributed by atoms with Crippen LogP contribution in [0.2, 0.25) is 0 Å². The maximum absolute atomic E-state index is 13.7. The number of para-hydroxylation sites is 1. The zero-order chi connectivity index (χ0) is 24.1. The van der Waals surface area contributed by atoms with Crippen LogP contribution in [0, 0.1) is 13.8 Å². The third-order valence-electron chi connectivity index (χ3n) is 6.21. The minimum absolute atomic E-state index is 0.108. The summed E-state index contributed by atoms with van der Waals surface area (Å²) in [5.74, 6) is 1.17. The molecule has 1 fully saturated rings. The summed E-state index contributed by atoms with van der Waals surface area (Å²) in [6.45, 7) is 5.66. The Balaban J connectivity index is 1.60. The molecule has 0 aliphatic heterocycles. The number of nitrogens with zero attached hydrogens (tertiary/aromatic N) is 5. The van der Waals surface area contributed by atoms with E-state index in [0.29, 0.717) is 18.0 Å². The lowest BCUT2D eigenvalue weighted by atomic mass is 10.0. The normalized spacial score (nSPS) is 14.8. The van der Waals surface area contributed by atoms with E-state index in [1.165, 1.54) is 4.80 Å². The fraction of sp³-hybridized carbons (Fsp3) is 0.480. The molecule has 9 heteroatoms. The van der Waals surface area contributed by atoms with Crippen molar-refractivity contribution in [3.8, 4) is 11.6 Å². The monoisotopic (exact) mass is 464 g/mol. The number of furan rings is 1.